The molecular weight excluding hydrogens is 238 g/mol. The van der Waals surface area contributed by atoms with Gasteiger partial charge in [-0.15, -0.1) is 0 Å². The fourth-order valence-electron chi connectivity index (χ4n) is 2.37. The first kappa shape index (κ1) is 13.7. The molecule has 1 aromatic rings. The molecule has 1 unspecified atom stereocenters. The van der Waals surface area contributed by atoms with Crippen molar-refractivity contribution in [2.45, 2.75) is 39.2 Å². The van der Waals surface area contributed by atoms with Crippen molar-refractivity contribution in [1.29, 1.82) is 0 Å². The number of carbonyl (C=O) groups is 1. The Morgan fingerprint density at radius 1 is 1.42 bits per heavy atom. The summed E-state index contributed by atoms with van der Waals surface area (Å²) in [6.07, 6.45) is 3.31. The maximum Gasteiger partial charge on any atom is 0.253 e. The van der Waals surface area contributed by atoms with Crippen molar-refractivity contribution in [2.24, 2.45) is 0 Å². The van der Waals surface area contributed by atoms with Crippen LogP contribution in [0.25, 0.3) is 0 Å². The highest BCUT2D eigenvalue weighted by Crippen LogP contribution is 2.26. The Morgan fingerprint density at radius 3 is 2.74 bits per heavy atom. The quantitative estimate of drug-likeness (QED) is 0.818. The van der Waals surface area contributed by atoms with Crippen LogP contribution < -0.4 is 16.0 Å². The fraction of sp³-hybridized carbons (Fsp3) is 0.533. The molecule has 104 valence electrons. The van der Waals surface area contributed by atoms with Gasteiger partial charge in [-0.05, 0) is 44.4 Å². The lowest BCUT2D eigenvalue weighted by molar-refractivity contribution is 0.0940. The topological polar surface area (TPSA) is 58.4 Å². The van der Waals surface area contributed by atoms with Crippen LogP contribution in [-0.4, -0.2) is 25.0 Å². The van der Waals surface area contributed by atoms with E-state index in [2.05, 4.69) is 17.1 Å². The molecule has 2 rings (SSSR count). The minimum Gasteiger partial charge on any atom is -0.399 e. The summed E-state index contributed by atoms with van der Waals surface area (Å²) in [5.74, 6) is -0.0245. The molecule has 0 bridgehead atoms. The molecule has 0 radical (unpaired) electrons. The molecule has 4 nitrogen and oxygen atoms in total. The molecule has 1 amide bonds. The summed E-state index contributed by atoms with van der Waals surface area (Å²) in [4.78, 5) is 14.6. The number of carbonyl (C=O) groups excluding carboxylic acids is 1. The molecule has 1 heterocycles. The molecule has 1 aromatic carbocycles. The molecule has 1 aliphatic heterocycles. The van der Waals surface area contributed by atoms with Gasteiger partial charge in [0.05, 0.1) is 5.56 Å². The molecule has 1 atom stereocenters. The maximum atomic E-state index is 12.4. The van der Waals surface area contributed by atoms with Crippen LogP contribution in [0.15, 0.2) is 18.2 Å². The van der Waals surface area contributed by atoms with E-state index in [0.717, 1.165) is 25.2 Å². The summed E-state index contributed by atoms with van der Waals surface area (Å²) < 4.78 is 0. The van der Waals surface area contributed by atoms with Crippen LogP contribution in [0.3, 0.4) is 0 Å². The molecule has 0 aliphatic carbocycles. The van der Waals surface area contributed by atoms with Gasteiger partial charge in [-0.1, -0.05) is 6.92 Å². The van der Waals surface area contributed by atoms with E-state index in [1.54, 1.807) is 6.07 Å². The highest BCUT2D eigenvalue weighted by molar-refractivity contribution is 6.01. The van der Waals surface area contributed by atoms with Crippen molar-refractivity contribution < 1.29 is 4.79 Å². The third kappa shape index (κ3) is 3.19. The van der Waals surface area contributed by atoms with Crippen molar-refractivity contribution in [3.05, 3.63) is 23.8 Å². The number of nitrogens with two attached hydrogens (primary N) is 1. The van der Waals surface area contributed by atoms with Crippen LogP contribution in [0.1, 0.15) is 43.5 Å². The van der Waals surface area contributed by atoms with Gasteiger partial charge in [-0.3, -0.25) is 4.79 Å². The first-order chi connectivity index (χ1) is 9.11. The van der Waals surface area contributed by atoms with E-state index < -0.39 is 0 Å². The Bertz CT molecular complexity index is 453. The van der Waals surface area contributed by atoms with E-state index in [1.807, 2.05) is 19.1 Å². The lowest BCUT2D eigenvalue weighted by Crippen LogP contribution is -2.33. The monoisotopic (exact) mass is 261 g/mol. The number of hydrogen-bond donors (Lipinski definition) is 2. The molecule has 1 saturated heterocycles. The van der Waals surface area contributed by atoms with Gasteiger partial charge >= 0.3 is 0 Å². The highest BCUT2D eigenvalue weighted by Gasteiger charge is 2.20. The number of nitrogen functional groups attached to an aromatic ring is 1. The van der Waals surface area contributed by atoms with Gasteiger partial charge in [0.25, 0.3) is 5.91 Å². The van der Waals surface area contributed by atoms with Crippen molar-refractivity contribution in [3.63, 3.8) is 0 Å². The van der Waals surface area contributed by atoms with Crippen LogP contribution in [-0.2, 0) is 0 Å². The van der Waals surface area contributed by atoms with Crippen LogP contribution in [0.4, 0.5) is 11.4 Å². The molecular formula is C15H23N3O. The molecule has 19 heavy (non-hydrogen) atoms. The number of benzene rings is 1. The zero-order valence-corrected chi connectivity index (χ0v) is 11.8. The van der Waals surface area contributed by atoms with E-state index in [-0.39, 0.29) is 11.9 Å². The maximum absolute atomic E-state index is 12.4. The summed E-state index contributed by atoms with van der Waals surface area (Å²) in [7, 11) is 0. The standard InChI is InChI=1S/C15H23N3O/c1-3-11(2)17-15(19)13-10-12(16)6-7-14(13)18-8-4-5-9-18/h6-7,10-11H,3-5,8-9,16H2,1-2H3,(H,17,19). The molecule has 0 aromatic heterocycles. The van der Waals surface area contributed by atoms with E-state index in [0.29, 0.717) is 11.3 Å². The van der Waals surface area contributed by atoms with Gasteiger partial charge in [0, 0.05) is 30.5 Å². The SMILES string of the molecule is CCC(C)NC(=O)c1cc(N)ccc1N1CCCC1. The fourth-order valence-corrected chi connectivity index (χ4v) is 2.37. The molecule has 1 aliphatic rings. The molecule has 3 N–H and O–H groups in total. The summed E-state index contributed by atoms with van der Waals surface area (Å²) in [5.41, 5.74) is 8.17. The van der Waals surface area contributed by atoms with Gasteiger partial charge in [0.15, 0.2) is 0 Å². The first-order valence-electron chi connectivity index (χ1n) is 7.07. The molecule has 0 spiro atoms. The lowest BCUT2D eigenvalue weighted by atomic mass is 10.1. The lowest BCUT2D eigenvalue weighted by Gasteiger charge is -2.22. The van der Waals surface area contributed by atoms with E-state index in [4.69, 9.17) is 5.73 Å². The molecule has 0 saturated carbocycles. The third-order valence-electron chi connectivity index (χ3n) is 3.70. The minimum absolute atomic E-state index is 0.0245. The summed E-state index contributed by atoms with van der Waals surface area (Å²) in [5, 5.41) is 3.02. The van der Waals surface area contributed by atoms with Crippen LogP contribution in [0.2, 0.25) is 0 Å². The Kier molecular flexibility index (Phi) is 4.30. The number of hydrogen-bond acceptors (Lipinski definition) is 3. The van der Waals surface area contributed by atoms with Gasteiger partial charge in [0.2, 0.25) is 0 Å². The number of rotatable bonds is 4. The van der Waals surface area contributed by atoms with Crippen molar-refractivity contribution in [1.82, 2.24) is 5.32 Å². The average Bonchev–Trinajstić information content (AvgIpc) is 2.92. The Balaban J connectivity index is 2.26. The predicted molar refractivity (Wildman–Crippen MR) is 79.5 cm³/mol. The average molecular weight is 261 g/mol. The summed E-state index contributed by atoms with van der Waals surface area (Å²) in [6.45, 7) is 6.12. The minimum atomic E-state index is -0.0245. The Morgan fingerprint density at radius 2 is 2.11 bits per heavy atom. The van der Waals surface area contributed by atoms with Gasteiger partial charge in [-0.2, -0.15) is 0 Å². The van der Waals surface area contributed by atoms with Crippen molar-refractivity contribution >= 4 is 17.3 Å². The van der Waals surface area contributed by atoms with E-state index in [9.17, 15) is 4.79 Å². The van der Waals surface area contributed by atoms with Crippen molar-refractivity contribution in [2.75, 3.05) is 23.7 Å². The highest BCUT2D eigenvalue weighted by atomic mass is 16.1. The molecule has 4 heteroatoms. The Labute approximate surface area is 115 Å². The third-order valence-corrected chi connectivity index (χ3v) is 3.70. The molecule has 1 fully saturated rings. The second-order valence-corrected chi connectivity index (χ2v) is 5.25. The summed E-state index contributed by atoms with van der Waals surface area (Å²) >= 11 is 0. The largest absolute Gasteiger partial charge is 0.399 e. The van der Waals surface area contributed by atoms with E-state index in [1.165, 1.54) is 12.8 Å². The first-order valence-corrected chi connectivity index (χ1v) is 7.07. The second kappa shape index (κ2) is 5.95. The number of nitrogens with zero attached hydrogens (tertiary/aromatic N) is 1. The Hall–Kier alpha value is -1.71. The zero-order chi connectivity index (χ0) is 13.8. The smallest absolute Gasteiger partial charge is 0.253 e. The second-order valence-electron chi connectivity index (χ2n) is 5.25. The van der Waals surface area contributed by atoms with E-state index >= 15 is 0 Å². The van der Waals surface area contributed by atoms with Gasteiger partial charge in [-0.25, -0.2) is 0 Å². The number of anilines is 2. The van der Waals surface area contributed by atoms with Crippen LogP contribution in [0, 0.1) is 0 Å². The van der Waals surface area contributed by atoms with Gasteiger partial charge < -0.3 is 16.0 Å². The van der Waals surface area contributed by atoms with Crippen LogP contribution >= 0.6 is 0 Å². The van der Waals surface area contributed by atoms with Crippen LogP contribution in [0.5, 0.6) is 0 Å². The summed E-state index contributed by atoms with van der Waals surface area (Å²) in [6, 6.07) is 5.80. The van der Waals surface area contributed by atoms with Crippen molar-refractivity contribution in [3.8, 4) is 0 Å². The van der Waals surface area contributed by atoms with Gasteiger partial charge in [0.1, 0.15) is 0 Å². The number of nitrogens with one attached hydrogen (secondary N) is 1. The predicted octanol–water partition coefficient (Wildman–Crippen LogP) is 2.40. The zero-order valence-electron chi connectivity index (χ0n) is 11.8. The normalized spacial score (nSPS) is 16.4. The number of amides is 1.